The Balaban J connectivity index is 1.62. The van der Waals surface area contributed by atoms with Gasteiger partial charge in [-0.15, -0.1) is 0 Å². The molecule has 0 radical (unpaired) electrons. The molecule has 1 heterocycles. The van der Waals surface area contributed by atoms with Crippen LogP contribution in [0, 0.1) is 3.57 Å². The van der Waals surface area contributed by atoms with Gasteiger partial charge in [0.1, 0.15) is 0 Å². The number of anilines is 1. The zero-order valence-corrected chi connectivity index (χ0v) is 19.0. The molecule has 0 aliphatic carbocycles. The highest BCUT2D eigenvalue weighted by Crippen LogP contribution is 2.22. The monoisotopic (exact) mass is 540 g/mol. The lowest BCUT2D eigenvalue weighted by Gasteiger charge is -2.10. The number of imidazole rings is 1. The molecule has 0 bridgehead atoms. The number of halogens is 1. The number of H-pyrrole nitrogens is 1. The fraction of sp³-hybridized carbons (Fsp3) is 0.0435. The van der Waals surface area contributed by atoms with Crippen LogP contribution in [0.15, 0.2) is 66.7 Å². The minimum atomic E-state index is -0.659. The number of rotatable bonds is 5. The zero-order chi connectivity index (χ0) is 22.7. The molecular weight excluding hydrogens is 523 g/mol. The van der Waals surface area contributed by atoms with Gasteiger partial charge in [0.05, 0.1) is 16.6 Å². The summed E-state index contributed by atoms with van der Waals surface area (Å²) >= 11 is 2.16. The van der Waals surface area contributed by atoms with Crippen LogP contribution in [0.25, 0.3) is 11.0 Å². The Morgan fingerprint density at radius 3 is 2.50 bits per heavy atom. The number of nitrogens with zero attached hydrogens (tertiary/aromatic N) is 1. The molecule has 3 N–H and O–H groups in total. The average Bonchev–Trinajstić information content (AvgIpc) is 3.19. The van der Waals surface area contributed by atoms with Crippen molar-refractivity contribution in [3.8, 4) is 6.01 Å². The number of fused-ring (bicyclic) bond motifs is 1. The van der Waals surface area contributed by atoms with Gasteiger partial charge in [-0.25, -0.2) is 4.79 Å². The summed E-state index contributed by atoms with van der Waals surface area (Å²) in [6.45, 7) is 0. The van der Waals surface area contributed by atoms with E-state index < -0.39 is 6.09 Å². The molecule has 4 rings (SSSR count). The smallest absolute Gasteiger partial charge is 0.375 e. The molecule has 2 amide bonds. The third-order valence-corrected chi connectivity index (χ3v) is 5.29. The maximum atomic E-state index is 13.2. The largest absolute Gasteiger partial charge is 0.414 e. The molecule has 0 unspecified atom stereocenters. The van der Waals surface area contributed by atoms with Crippen LogP contribution in [-0.2, 0) is 0 Å². The molecule has 0 aliphatic heterocycles. The van der Waals surface area contributed by atoms with Crippen molar-refractivity contribution in [2.75, 3.05) is 12.4 Å². The third-order valence-electron chi connectivity index (χ3n) is 4.61. The van der Waals surface area contributed by atoms with Crippen molar-refractivity contribution in [2.24, 2.45) is 0 Å². The van der Waals surface area contributed by atoms with E-state index in [-0.39, 0.29) is 28.8 Å². The average molecular weight is 540 g/mol. The van der Waals surface area contributed by atoms with Crippen molar-refractivity contribution >= 4 is 57.1 Å². The van der Waals surface area contributed by atoms with Crippen LogP contribution in [0.1, 0.15) is 26.3 Å². The van der Waals surface area contributed by atoms with Gasteiger partial charge in [0.25, 0.3) is 5.91 Å². The zero-order valence-electron chi connectivity index (χ0n) is 16.8. The number of hydrogen-bond donors (Lipinski definition) is 3. The first kappa shape index (κ1) is 21.5. The lowest BCUT2D eigenvalue weighted by atomic mass is 9.97. The van der Waals surface area contributed by atoms with Gasteiger partial charge in [0.15, 0.2) is 5.78 Å². The molecule has 9 heteroatoms. The maximum absolute atomic E-state index is 13.2. The van der Waals surface area contributed by atoms with E-state index in [0.717, 1.165) is 3.57 Å². The fourth-order valence-electron chi connectivity index (χ4n) is 3.11. The highest BCUT2D eigenvalue weighted by molar-refractivity contribution is 14.1. The van der Waals surface area contributed by atoms with Gasteiger partial charge in [-0.1, -0.05) is 24.3 Å². The van der Waals surface area contributed by atoms with Gasteiger partial charge >= 0.3 is 12.1 Å². The predicted molar refractivity (Wildman–Crippen MR) is 128 cm³/mol. The van der Waals surface area contributed by atoms with Crippen LogP contribution in [0.3, 0.4) is 0 Å². The second-order valence-corrected chi connectivity index (χ2v) is 8.00. The Labute approximate surface area is 196 Å². The van der Waals surface area contributed by atoms with Crippen molar-refractivity contribution < 1.29 is 19.1 Å². The first-order valence-electron chi connectivity index (χ1n) is 9.54. The predicted octanol–water partition coefficient (Wildman–Crippen LogP) is 4.37. The van der Waals surface area contributed by atoms with E-state index >= 15 is 0 Å². The molecule has 0 saturated carbocycles. The molecule has 160 valence electrons. The summed E-state index contributed by atoms with van der Waals surface area (Å²) in [5, 5.41) is 5.17. The highest BCUT2D eigenvalue weighted by atomic mass is 127. The SMILES string of the molecule is CNC(=O)Oc1nc2ccc(C(=O)c3ccccc3C(=O)Nc3cccc(I)c3)cc2[nH]1. The molecule has 0 aliphatic rings. The van der Waals surface area contributed by atoms with Crippen molar-refractivity contribution in [1.29, 1.82) is 0 Å². The lowest BCUT2D eigenvalue weighted by molar-refractivity contribution is 0.0996. The number of carbonyl (C=O) groups excluding carboxylic acids is 3. The number of carbonyl (C=O) groups is 3. The van der Waals surface area contributed by atoms with Gasteiger partial charge in [0, 0.05) is 27.4 Å². The number of hydrogen-bond acceptors (Lipinski definition) is 5. The third kappa shape index (κ3) is 4.62. The second kappa shape index (κ2) is 9.18. The molecule has 0 spiro atoms. The number of aromatic amines is 1. The van der Waals surface area contributed by atoms with Crippen LogP contribution in [0.2, 0.25) is 0 Å². The van der Waals surface area contributed by atoms with E-state index in [1.807, 2.05) is 18.2 Å². The maximum Gasteiger partial charge on any atom is 0.414 e. The van der Waals surface area contributed by atoms with E-state index in [4.69, 9.17) is 4.74 Å². The van der Waals surface area contributed by atoms with Crippen LogP contribution in [0.5, 0.6) is 6.01 Å². The van der Waals surface area contributed by atoms with Crippen molar-refractivity contribution in [3.63, 3.8) is 0 Å². The Morgan fingerprint density at radius 2 is 1.75 bits per heavy atom. The van der Waals surface area contributed by atoms with Crippen LogP contribution < -0.4 is 15.4 Å². The molecule has 0 fully saturated rings. The fourth-order valence-corrected chi connectivity index (χ4v) is 3.66. The Bertz CT molecular complexity index is 1350. The number of nitrogens with one attached hydrogen (secondary N) is 3. The van der Waals surface area contributed by atoms with Gasteiger partial charge in [-0.2, -0.15) is 4.98 Å². The summed E-state index contributed by atoms with van der Waals surface area (Å²) < 4.78 is 5.98. The van der Waals surface area contributed by atoms with Gasteiger partial charge in [-0.05, 0) is 65.1 Å². The van der Waals surface area contributed by atoms with Crippen molar-refractivity contribution in [1.82, 2.24) is 15.3 Å². The summed E-state index contributed by atoms with van der Waals surface area (Å²) in [7, 11) is 1.44. The summed E-state index contributed by atoms with van der Waals surface area (Å²) in [6.07, 6.45) is -0.659. The summed E-state index contributed by atoms with van der Waals surface area (Å²) in [5.74, 6) is -0.691. The topological polar surface area (TPSA) is 113 Å². The number of ether oxygens (including phenoxy) is 1. The molecular formula is C23H17IN4O4. The Morgan fingerprint density at radius 1 is 0.969 bits per heavy atom. The van der Waals surface area contributed by atoms with E-state index in [1.54, 1.807) is 48.5 Å². The van der Waals surface area contributed by atoms with E-state index in [2.05, 4.69) is 43.2 Å². The standard InChI is InChI=1S/C23H17IN4O4/c1-25-23(31)32-22-27-18-10-9-13(11-19(18)28-22)20(29)16-7-2-3-8-17(16)21(30)26-15-6-4-5-14(24)12-15/h2-12H,1H3,(H,25,31)(H,26,30)(H,27,28). The number of aromatic nitrogens is 2. The van der Waals surface area contributed by atoms with Crippen LogP contribution in [-0.4, -0.2) is 34.8 Å². The molecule has 3 aromatic carbocycles. The number of benzene rings is 3. The molecule has 0 atom stereocenters. The van der Waals surface area contributed by atoms with Crippen LogP contribution >= 0.6 is 22.6 Å². The lowest BCUT2D eigenvalue weighted by Crippen LogP contribution is -2.22. The highest BCUT2D eigenvalue weighted by Gasteiger charge is 2.19. The van der Waals surface area contributed by atoms with Gasteiger partial charge in [0.2, 0.25) is 0 Å². The summed E-state index contributed by atoms with van der Waals surface area (Å²) in [5.41, 5.74) is 2.61. The quantitative estimate of drug-likeness (QED) is 0.257. The van der Waals surface area contributed by atoms with Gasteiger partial charge in [-0.3, -0.25) is 9.59 Å². The second-order valence-electron chi connectivity index (χ2n) is 6.75. The molecule has 8 nitrogen and oxygen atoms in total. The van der Waals surface area contributed by atoms with Crippen molar-refractivity contribution in [3.05, 3.63) is 87.0 Å². The van der Waals surface area contributed by atoms with Crippen molar-refractivity contribution in [2.45, 2.75) is 0 Å². The van der Waals surface area contributed by atoms with Crippen LogP contribution in [0.4, 0.5) is 10.5 Å². The minimum absolute atomic E-state index is 0.0150. The number of amides is 2. The molecule has 32 heavy (non-hydrogen) atoms. The molecule has 4 aromatic rings. The minimum Gasteiger partial charge on any atom is -0.375 e. The Hall–Kier alpha value is -3.73. The molecule has 0 saturated heterocycles. The molecule has 1 aromatic heterocycles. The van der Waals surface area contributed by atoms with E-state index in [0.29, 0.717) is 22.3 Å². The summed E-state index contributed by atoms with van der Waals surface area (Å²) in [6, 6.07) is 18.9. The first-order chi connectivity index (χ1) is 15.4. The Kier molecular flexibility index (Phi) is 6.17. The number of ketones is 1. The summed E-state index contributed by atoms with van der Waals surface area (Å²) in [4.78, 5) is 44.5. The normalized spacial score (nSPS) is 10.6. The van der Waals surface area contributed by atoms with E-state index in [9.17, 15) is 14.4 Å². The van der Waals surface area contributed by atoms with Gasteiger partial charge < -0.3 is 20.4 Å². The first-order valence-corrected chi connectivity index (χ1v) is 10.6. The van der Waals surface area contributed by atoms with E-state index in [1.165, 1.54) is 7.05 Å².